The third-order valence-electron chi connectivity index (χ3n) is 2.05. The monoisotopic (exact) mass is 252 g/mol. The molecule has 2 unspecified atom stereocenters. The number of ether oxygens (including phenoxy) is 1. The molecule has 0 radical (unpaired) electrons. The lowest BCUT2D eigenvalue weighted by Gasteiger charge is -2.19. The molecule has 0 heterocycles. The van der Waals surface area contributed by atoms with Crippen LogP contribution in [-0.4, -0.2) is 23.8 Å². The van der Waals surface area contributed by atoms with Gasteiger partial charge in [0.2, 0.25) is 0 Å². The van der Waals surface area contributed by atoms with Crippen LogP contribution < -0.4 is 0 Å². The van der Waals surface area contributed by atoms with Gasteiger partial charge in [0.05, 0.1) is 0 Å². The van der Waals surface area contributed by atoms with E-state index in [2.05, 4.69) is 4.74 Å². The van der Waals surface area contributed by atoms with E-state index in [-0.39, 0.29) is 5.56 Å². The first-order valence-electron chi connectivity index (χ1n) is 4.39. The van der Waals surface area contributed by atoms with Crippen molar-refractivity contribution in [2.45, 2.75) is 17.2 Å². The Morgan fingerprint density at radius 3 is 2.06 bits per heavy atom. The zero-order valence-electron chi connectivity index (χ0n) is 8.75. The standard InChI is InChI=1S/C10H11F3O2S/c1-15-9(10(11,12)13)7-3-5-8(6-4-7)16(2)14/h3-6,9H,1-2H3. The molecule has 0 aliphatic rings. The third-order valence-corrected chi connectivity index (χ3v) is 2.98. The van der Waals surface area contributed by atoms with Gasteiger partial charge in [-0.15, -0.1) is 0 Å². The lowest BCUT2D eigenvalue weighted by molar-refractivity contribution is -0.215. The van der Waals surface area contributed by atoms with Gasteiger partial charge < -0.3 is 4.74 Å². The summed E-state index contributed by atoms with van der Waals surface area (Å²) >= 11 is 0. The van der Waals surface area contributed by atoms with E-state index in [1.54, 1.807) is 0 Å². The number of rotatable bonds is 3. The first kappa shape index (κ1) is 13.2. The second-order valence-electron chi connectivity index (χ2n) is 3.18. The molecule has 0 aliphatic heterocycles. The molecule has 1 rings (SSSR count). The second-order valence-corrected chi connectivity index (χ2v) is 4.56. The summed E-state index contributed by atoms with van der Waals surface area (Å²) in [7, 11) is -0.192. The minimum Gasteiger partial charge on any atom is -0.367 e. The number of hydrogen-bond donors (Lipinski definition) is 0. The Labute approximate surface area is 93.9 Å². The molecule has 0 saturated heterocycles. The molecule has 1 aromatic carbocycles. The van der Waals surface area contributed by atoms with E-state index in [1.807, 2.05) is 0 Å². The average molecular weight is 252 g/mol. The Morgan fingerprint density at radius 1 is 1.25 bits per heavy atom. The molecule has 0 aliphatic carbocycles. The predicted octanol–water partition coefficient (Wildman–Crippen LogP) is 2.67. The van der Waals surface area contributed by atoms with Gasteiger partial charge in [-0.25, -0.2) is 0 Å². The Morgan fingerprint density at radius 2 is 1.75 bits per heavy atom. The van der Waals surface area contributed by atoms with Crippen LogP contribution in [0, 0.1) is 0 Å². The lowest BCUT2D eigenvalue weighted by Crippen LogP contribution is -2.22. The zero-order chi connectivity index (χ0) is 12.3. The fourth-order valence-electron chi connectivity index (χ4n) is 1.29. The highest BCUT2D eigenvalue weighted by molar-refractivity contribution is 7.84. The summed E-state index contributed by atoms with van der Waals surface area (Å²) in [6.07, 6.45) is -4.92. The summed E-state index contributed by atoms with van der Waals surface area (Å²) in [6, 6.07) is 5.36. The van der Waals surface area contributed by atoms with E-state index in [1.165, 1.54) is 30.5 Å². The Bertz CT molecular complexity index is 373. The first-order valence-corrected chi connectivity index (χ1v) is 5.95. The Kier molecular flexibility index (Phi) is 4.09. The van der Waals surface area contributed by atoms with Gasteiger partial charge in [0.1, 0.15) is 0 Å². The molecule has 2 atom stereocenters. The number of methoxy groups -OCH3 is 1. The smallest absolute Gasteiger partial charge is 0.367 e. The van der Waals surface area contributed by atoms with Gasteiger partial charge >= 0.3 is 6.18 Å². The van der Waals surface area contributed by atoms with Crippen molar-refractivity contribution in [1.82, 2.24) is 0 Å². The molecular weight excluding hydrogens is 241 g/mol. The zero-order valence-corrected chi connectivity index (χ0v) is 9.56. The summed E-state index contributed by atoms with van der Waals surface area (Å²) in [5.41, 5.74) is 0.00389. The summed E-state index contributed by atoms with van der Waals surface area (Å²) in [5, 5.41) is 0. The third kappa shape index (κ3) is 3.05. The van der Waals surface area contributed by atoms with Crippen molar-refractivity contribution >= 4 is 10.8 Å². The molecule has 16 heavy (non-hydrogen) atoms. The van der Waals surface area contributed by atoms with Crippen LogP contribution in [0.15, 0.2) is 29.2 Å². The van der Waals surface area contributed by atoms with Crippen molar-refractivity contribution in [2.75, 3.05) is 13.4 Å². The normalized spacial score (nSPS) is 15.8. The maximum Gasteiger partial charge on any atom is 0.418 e. The highest BCUT2D eigenvalue weighted by Gasteiger charge is 2.41. The van der Waals surface area contributed by atoms with E-state index in [0.717, 1.165) is 7.11 Å². The van der Waals surface area contributed by atoms with Gasteiger partial charge in [0.15, 0.2) is 6.10 Å². The number of alkyl halides is 3. The van der Waals surface area contributed by atoms with Gasteiger partial charge in [-0.2, -0.15) is 13.2 Å². The molecule has 6 heteroatoms. The largest absolute Gasteiger partial charge is 0.418 e. The van der Waals surface area contributed by atoms with Crippen molar-refractivity contribution in [3.05, 3.63) is 29.8 Å². The van der Waals surface area contributed by atoms with Crippen LogP contribution in [0.1, 0.15) is 11.7 Å². The Hall–Kier alpha value is -0.880. The topological polar surface area (TPSA) is 26.3 Å². The molecule has 0 aromatic heterocycles. The Balaban J connectivity index is 3.00. The molecule has 0 saturated carbocycles. The maximum absolute atomic E-state index is 12.5. The second kappa shape index (κ2) is 4.97. The van der Waals surface area contributed by atoms with Crippen molar-refractivity contribution in [3.63, 3.8) is 0 Å². The summed E-state index contributed by atoms with van der Waals surface area (Å²) in [5.74, 6) is 0. The van der Waals surface area contributed by atoms with Crippen molar-refractivity contribution in [2.24, 2.45) is 0 Å². The minimum absolute atomic E-state index is 0.00389. The molecule has 0 bridgehead atoms. The van der Waals surface area contributed by atoms with E-state index >= 15 is 0 Å². The van der Waals surface area contributed by atoms with Crippen molar-refractivity contribution in [3.8, 4) is 0 Å². The van der Waals surface area contributed by atoms with Gasteiger partial charge in [0, 0.05) is 29.1 Å². The molecule has 0 amide bonds. The minimum atomic E-state index is -4.44. The fraction of sp³-hybridized carbons (Fsp3) is 0.400. The summed E-state index contributed by atoms with van der Waals surface area (Å²) in [6.45, 7) is 0. The van der Waals surface area contributed by atoms with Gasteiger partial charge in [0.25, 0.3) is 0 Å². The van der Waals surface area contributed by atoms with Gasteiger partial charge in [-0.1, -0.05) is 12.1 Å². The maximum atomic E-state index is 12.5. The lowest BCUT2D eigenvalue weighted by atomic mass is 10.1. The molecule has 0 fully saturated rings. The van der Waals surface area contributed by atoms with Crippen LogP contribution in [-0.2, 0) is 15.5 Å². The quantitative estimate of drug-likeness (QED) is 0.826. The first-order chi connectivity index (χ1) is 7.36. The van der Waals surface area contributed by atoms with E-state index in [9.17, 15) is 17.4 Å². The molecule has 90 valence electrons. The summed E-state index contributed by atoms with van der Waals surface area (Å²) < 4.78 is 52.9. The van der Waals surface area contributed by atoms with Crippen LogP contribution in [0.5, 0.6) is 0 Å². The summed E-state index contributed by atoms with van der Waals surface area (Å²) in [4.78, 5) is 0.487. The van der Waals surface area contributed by atoms with E-state index in [0.29, 0.717) is 4.90 Å². The van der Waals surface area contributed by atoms with Crippen LogP contribution in [0.25, 0.3) is 0 Å². The fourth-order valence-corrected chi connectivity index (χ4v) is 1.81. The highest BCUT2D eigenvalue weighted by atomic mass is 32.2. The highest BCUT2D eigenvalue weighted by Crippen LogP contribution is 2.35. The number of halogens is 3. The van der Waals surface area contributed by atoms with Gasteiger partial charge in [-0.3, -0.25) is 4.21 Å². The van der Waals surface area contributed by atoms with Crippen LogP contribution in [0.2, 0.25) is 0 Å². The van der Waals surface area contributed by atoms with Crippen LogP contribution in [0.4, 0.5) is 13.2 Å². The average Bonchev–Trinajstić information content (AvgIpc) is 2.17. The number of hydrogen-bond acceptors (Lipinski definition) is 2. The van der Waals surface area contributed by atoms with Crippen LogP contribution in [0.3, 0.4) is 0 Å². The van der Waals surface area contributed by atoms with E-state index in [4.69, 9.17) is 0 Å². The van der Waals surface area contributed by atoms with Gasteiger partial charge in [-0.05, 0) is 17.7 Å². The van der Waals surface area contributed by atoms with Crippen LogP contribution >= 0.6 is 0 Å². The van der Waals surface area contributed by atoms with Crippen molar-refractivity contribution < 1.29 is 22.1 Å². The SMILES string of the molecule is COC(c1ccc(S(C)=O)cc1)C(F)(F)F. The number of benzene rings is 1. The molecule has 1 aromatic rings. The molecule has 0 N–H and O–H groups in total. The molecule has 2 nitrogen and oxygen atoms in total. The van der Waals surface area contributed by atoms with E-state index < -0.39 is 23.1 Å². The molecular formula is C10H11F3O2S. The predicted molar refractivity (Wildman–Crippen MR) is 54.6 cm³/mol. The van der Waals surface area contributed by atoms with Crippen molar-refractivity contribution in [1.29, 1.82) is 0 Å². The molecule has 0 spiro atoms.